The van der Waals surface area contributed by atoms with E-state index in [-0.39, 0.29) is 11.9 Å². The van der Waals surface area contributed by atoms with Crippen molar-refractivity contribution in [1.82, 2.24) is 0 Å². The summed E-state index contributed by atoms with van der Waals surface area (Å²) in [6.45, 7) is 4.32. The number of benzene rings is 2. The van der Waals surface area contributed by atoms with Gasteiger partial charge in [-0.1, -0.05) is 32.0 Å². The van der Waals surface area contributed by atoms with Crippen LogP contribution in [0.15, 0.2) is 54.6 Å². The number of hydrogen-bond donors (Lipinski definition) is 0. The Labute approximate surface area is 129 Å². The van der Waals surface area contributed by atoms with E-state index in [1.807, 2.05) is 19.9 Å². The molecule has 0 unspecified atom stereocenters. The number of carbonyl (C=O) groups excluding carboxylic acids is 2. The Balaban J connectivity index is 1.97. The topological polar surface area (TPSA) is 52.6 Å². The van der Waals surface area contributed by atoms with Crippen molar-refractivity contribution >= 4 is 11.9 Å². The average molecular weight is 298 g/mol. The van der Waals surface area contributed by atoms with Gasteiger partial charge in [-0.3, -0.25) is 0 Å². The lowest BCUT2D eigenvalue weighted by molar-refractivity contribution is 0.0459. The average Bonchev–Trinajstić information content (AvgIpc) is 2.54. The molecule has 0 radical (unpaired) electrons. The molecule has 0 amide bonds. The van der Waals surface area contributed by atoms with Crippen LogP contribution in [0.3, 0.4) is 0 Å². The molecule has 0 heterocycles. The molecule has 0 saturated heterocycles. The first-order chi connectivity index (χ1) is 10.6. The zero-order chi connectivity index (χ0) is 15.9. The van der Waals surface area contributed by atoms with Crippen molar-refractivity contribution in [3.8, 4) is 5.75 Å². The van der Waals surface area contributed by atoms with Crippen molar-refractivity contribution in [1.29, 1.82) is 0 Å². The predicted octanol–water partition coefficient (Wildman–Crippen LogP) is 3.72. The van der Waals surface area contributed by atoms with Gasteiger partial charge in [-0.05, 0) is 42.3 Å². The first-order valence-corrected chi connectivity index (χ1v) is 7.10. The van der Waals surface area contributed by atoms with Gasteiger partial charge in [-0.2, -0.15) is 0 Å². The van der Waals surface area contributed by atoms with Gasteiger partial charge >= 0.3 is 11.9 Å². The largest absolute Gasteiger partial charge is 0.462 e. The highest BCUT2D eigenvalue weighted by Crippen LogP contribution is 2.15. The molecular weight excluding hydrogens is 280 g/mol. The van der Waals surface area contributed by atoms with Crippen LogP contribution in [0.2, 0.25) is 0 Å². The van der Waals surface area contributed by atoms with E-state index < -0.39 is 5.97 Å². The summed E-state index contributed by atoms with van der Waals surface area (Å²) < 4.78 is 10.4. The predicted molar refractivity (Wildman–Crippen MR) is 83.0 cm³/mol. The zero-order valence-electron chi connectivity index (χ0n) is 12.6. The van der Waals surface area contributed by atoms with Crippen LogP contribution in [0.25, 0.3) is 0 Å². The second-order valence-corrected chi connectivity index (χ2v) is 5.27. The molecule has 2 rings (SSSR count). The molecule has 2 aromatic carbocycles. The fourth-order valence-corrected chi connectivity index (χ4v) is 1.72. The summed E-state index contributed by atoms with van der Waals surface area (Å²) in [5, 5.41) is 0. The molecule has 114 valence electrons. The highest BCUT2D eigenvalue weighted by molar-refractivity contribution is 5.91. The third-order valence-corrected chi connectivity index (χ3v) is 2.86. The molecule has 0 atom stereocenters. The summed E-state index contributed by atoms with van der Waals surface area (Å²) in [7, 11) is 0. The fraction of sp³-hybridized carbons (Fsp3) is 0.222. The van der Waals surface area contributed by atoms with E-state index in [4.69, 9.17) is 9.47 Å². The number of hydrogen-bond acceptors (Lipinski definition) is 4. The number of ether oxygens (including phenoxy) is 2. The van der Waals surface area contributed by atoms with E-state index in [9.17, 15) is 9.59 Å². The van der Waals surface area contributed by atoms with Crippen molar-refractivity contribution in [2.75, 3.05) is 6.61 Å². The van der Waals surface area contributed by atoms with Gasteiger partial charge in [-0.25, -0.2) is 9.59 Å². The van der Waals surface area contributed by atoms with E-state index >= 15 is 0 Å². The molecule has 0 aliphatic carbocycles. The SMILES string of the molecule is CC(C)COC(=O)c1ccc(OC(=O)c2ccccc2)cc1. The van der Waals surface area contributed by atoms with Crippen LogP contribution in [0, 0.1) is 5.92 Å². The summed E-state index contributed by atoms with van der Waals surface area (Å²) in [5.41, 5.74) is 0.906. The quantitative estimate of drug-likeness (QED) is 0.623. The van der Waals surface area contributed by atoms with Crippen LogP contribution in [-0.4, -0.2) is 18.5 Å². The van der Waals surface area contributed by atoms with Crippen molar-refractivity contribution in [3.05, 3.63) is 65.7 Å². The number of carbonyl (C=O) groups is 2. The number of esters is 2. The Morgan fingerprint density at radius 2 is 1.45 bits per heavy atom. The number of rotatable bonds is 5. The molecule has 0 aliphatic rings. The Bertz CT molecular complexity index is 630. The first kappa shape index (κ1) is 15.8. The molecule has 2 aromatic rings. The van der Waals surface area contributed by atoms with Crippen LogP contribution < -0.4 is 4.74 Å². The van der Waals surface area contributed by atoms with Gasteiger partial charge in [0, 0.05) is 0 Å². The van der Waals surface area contributed by atoms with Crippen LogP contribution in [0.4, 0.5) is 0 Å². The molecule has 0 saturated carbocycles. The Hall–Kier alpha value is -2.62. The minimum Gasteiger partial charge on any atom is -0.462 e. The van der Waals surface area contributed by atoms with Gasteiger partial charge in [0.05, 0.1) is 17.7 Å². The Morgan fingerprint density at radius 1 is 0.864 bits per heavy atom. The fourth-order valence-electron chi connectivity index (χ4n) is 1.72. The van der Waals surface area contributed by atoms with Crippen molar-refractivity contribution < 1.29 is 19.1 Å². The summed E-state index contributed by atoms with van der Waals surface area (Å²) in [4.78, 5) is 23.7. The van der Waals surface area contributed by atoms with Crippen molar-refractivity contribution in [2.45, 2.75) is 13.8 Å². The third-order valence-electron chi connectivity index (χ3n) is 2.86. The summed E-state index contributed by atoms with van der Waals surface area (Å²) in [6, 6.07) is 15.0. The van der Waals surface area contributed by atoms with Gasteiger partial charge in [0.25, 0.3) is 0 Å². The highest BCUT2D eigenvalue weighted by Gasteiger charge is 2.10. The molecule has 22 heavy (non-hydrogen) atoms. The van der Waals surface area contributed by atoms with Crippen molar-refractivity contribution in [3.63, 3.8) is 0 Å². The summed E-state index contributed by atoms with van der Waals surface area (Å²) in [6.07, 6.45) is 0. The normalized spacial score (nSPS) is 10.3. The molecule has 0 fully saturated rings. The van der Waals surface area contributed by atoms with Gasteiger partial charge in [0.1, 0.15) is 5.75 Å². The second kappa shape index (κ2) is 7.41. The van der Waals surface area contributed by atoms with Crippen LogP contribution in [0.1, 0.15) is 34.6 Å². The molecule has 4 nitrogen and oxygen atoms in total. The molecule has 0 aromatic heterocycles. The molecule has 0 spiro atoms. The Morgan fingerprint density at radius 3 is 2.05 bits per heavy atom. The Kier molecular flexibility index (Phi) is 5.31. The van der Waals surface area contributed by atoms with Gasteiger partial charge < -0.3 is 9.47 Å². The summed E-state index contributed by atoms with van der Waals surface area (Å²) >= 11 is 0. The van der Waals surface area contributed by atoms with Crippen LogP contribution in [-0.2, 0) is 4.74 Å². The van der Waals surface area contributed by atoms with Gasteiger partial charge in [0.15, 0.2) is 0 Å². The van der Waals surface area contributed by atoms with Gasteiger partial charge in [-0.15, -0.1) is 0 Å². The van der Waals surface area contributed by atoms with E-state index in [0.29, 0.717) is 23.5 Å². The minimum atomic E-state index is -0.435. The monoisotopic (exact) mass is 298 g/mol. The van der Waals surface area contributed by atoms with Crippen molar-refractivity contribution in [2.24, 2.45) is 5.92 Å². The molecule has 0 N–H and O–H groups in total. The van der Waals surface area contributed by atoms with Gasteiger partial charge in [0.2, 0.25) is 0 Å². The standard InChI is InChI=1S/C18H18O4/c1-13(2)12-21-17(19)15-8-10-16(11-9-15)22-18(20)14-6-4-3-5-7-14/h3-11,13H,12H2,1-2H3. The molecule has 0 aliphatic heterocycles. The maximum atomic E-state index is 11.9. The lowest BCUT2D eigenvalue weighted by Gasteiger charge is -2.08. The second-order valence-electron chi connectivity index (χ2n) is 5.27. The smallest absolute Gasteiger partial charge is 0.343 e. The first-order valence-electron chi connectivity index (χ1n) is 7.10. The highest BCUT2D eigenvalue weighted by atomic mass is 16.5. The lowest BCUT2D eigenvalue weighted by Crippen LogP contribution is -2.11. The maximum absolute atomic E-state index is 11.9. The molecule has 0 bridgehead atoms. The molecule has 4 heteroatoms. The van der Waals surface area contributed by atoms with E-state index in [1.165, 1.54) is 0 Å². The minimum absolute atomic E-state index is 0.287. The van der Waals surface area contributed by atoms with Crippen LogP contribution in [0.5, 0.6) is 5.75 Å². The van der Waals surface area contributed by atoms with E-state index in [1.54, 1.807) is 48.5 Å². The molecular formula is C18H18O4. The van der Waals surface area contributed by atoms with E-state index in [2.05, 4.69) is 0 Å². The lowest BCUT2D eigenvalue weighted by atomic mass is 10.2. The maximum Gasteiger partial charge on any atom is 0.343 e. The third kappa shape index (κ3) is 4.45. The zero-order valence-corrected chi connectivity index (χ0v) is 12.6. The van der Waals surface area contributed by atoms with E-state index in [0.717, 1.165) is 0 Å². The van der Waals surface area contributed by atoms with Crippen LogP contribution >= 0.6 is 0 Å². The summed E-state index contributed by atoms with van der Waals surface area (Å²) in [5.74, 6) is -0.144.